The first kappa shape index (κ1) is 25.6. The Bertz CT molecular complexity index is 637. The number of hydrogen-bond donors (Lipinski definition) is 2. The Balaban J connectivity index is 1.88. The molecule has 31 heavy (non-hydrogen) atoms. The molecule has 1 aromatic carbocycles. The number of rotatable bonds is 14. The zero-order valence-corrected chi connectivity index (χ0v) is 19.7. The summed E-state index contributed by atoms with van der Waals surface area (Å²) in [4.78, 5) is 12.0. The third-order valence-electron chi connectivity index (χ3n) is 7.14. The van der Waals surface area contributed by atoms with E-state index in [4.69, 9.17) is 0 Å². The molecule has 2 N–H and O–H groups in total. The predicted octanol–water partition coefficient (Wildman–Crippen LogP) is 7.04. The molecule has 174 valence electrons. The molecule has 0 radical (unpaired) electrons. The highest BCUT2D eigenvalue weighted by molar-refractivity contribution is 5.71. The van der Waals surface area contributed by atoms with Crippen molar-refractivity contribution >= 4 is 5.97 Å². The van der Waals surface area contributed by atoms with E-state index in [0.29, 0.717) is 11.8 Å². The summed E-state index contributed by atoms with van der Waals surface area (Å²) in [5, 5.41) is 20.1. The molecule has 0 saturated heterocycles. The highest BCUT2D eigenvalue weighted by atomic mass is 16.4. The number of aliphatic hydroxyl groups is 1. The SMILES string of the molecule is CCCCCCC=CCCC[C@H]1CC[C@@H](Cc2ccccc2)[C@H]([C@H](C(=O)O)[C@H](C)O)C1. The van der Waals surface area contributed by atoms with Crippen LogP contribution in [0.15, 0.2) is 42.5 Å². The van der Waals surface area contributed by atoms with Crippen LogP contribution in [0.1, 0.15) is 90.0 Å². The van der Waals surface area contributed by atoms with Crippen LogP contribution in [0.3, 0.4) is 0 Å². The molecule has 1 fully saturated rings. The fourth-order valence-electron chi connectivity index (χ4n) is 5.43. The fourth-order valence-corrected chi connectivity index (χ4v) is 5.43. The number of aliphatic carboxylic acids is 1. The van der Waals surface area contributed by atoms with E-state index in [0.717, 1.165) is 25.7 Å². The molecule has 0 spiro atoms. The van der Waals surface area contributed by atoms with Gasteiger partial charge in [-0.2, -0.15) is 0 Å². The molecule has 1 aliphatic carbocycles. The summed E-state index contributed by atoms with van der Waals surface area (Å²) in [6.07, 6.45) is 17.9. The molecule has 0 unspecified atom stereocenters. The van der Waals surface area contributed by atoms with E-state index in [9.17, 15) is 15.0 Å². The number of carboxylic acid groups (broad SMARTS) is 1. The lowest BCUT2D eigenvalue weighted by molar-refractivity contribution is -0.150. The van der Waals surface area contributed by atoms with Gasteiger partial charge in [0.25, 0.3) is 0 Å². The zero-order chi connectivity index (χ0) is 22.5. The van der Waals surface area contributed by atoms with Crippen LogP contribution in [0.5, 0.6) is 0 Å². The van der Waals surface area contributed by atoms with E-state index in [1.165, 1.54) is 56.9 Å². The first-order valence-corrected chi connectivity index (χ1v) is 12.6. The lowest BCUT2D eigenvalue weighted by atomic mass is 9.65. The van der Waals surface area contributed by atoms with E-state index in [2.05, 4.69) is 43.3 Å². The number of allylic oxidation sites excluding steroid dienone is 2. The summed E-state index contributed by atoms with van der Waals surface area (Å²) in [6, 6.07) is 10.4. The number of unbranched alkanes of at least 4 members (excludes halogenated alkanes) is 5. The van der Waals surface area contributed by atoms with Crippen molar-refractivity contribution < 1.29 is 15.0 Å². The van der Waals surface area contributed by atoms with Crippen molar-refractivity contribution in [3.63, 3.8) is 0 Å². The third kappa shape index (κ3) is 9.19. The maximum absolute atomic E-state index is 12.0. The Labute approximate surface area is 190 Å². The Morgan fingerprint density at radius 1 is 1.06 bits per heavy atom. The summed E-state index contributed by atoms with van der Waals surface area (Å²) in [6.45, 7) is 3.89. The van der Waals surface area contributed by atoms with Crippen molar-refractivity contribution in [2.45, 2.75) is 97.0 Å². The summed E-state index contributed by atoms with van der Waals surface area (Å²) < 4.78 is 0. The first-order chi connectivity index (χ1) is 15.0. The van der Waals surface area contributed by atoms with Gasteiger partial charge in [0.1, 0.15) is 0 Å². The lowest BCUT2D eigenvalue weighted by Crippen LogP contribution is -2.41. The minimum absolute atomic E-state index is 0.0468. The largest absolute Gasteiger partial charge is 0.481 e. The molecule has 0 amide bonds. The van der Waals surface area contributed by atoms with Gasteiger partial charge < -0.3 is 10.2 Å². The van der Waals surface area contributed by atoms with Crippen LogP contribution in [-0.2, 0) is 11.2 Å². The van der Waals surface area contributed by atoms with Gasteiger partial charge in [0.15, 0.2) is 0 Å². The maximum Gasteiger partial charge on any atom is 0.309 e. The summed E-state index contributed by atoms with van der Waals surface area (Å²) >= 11 is 0. The van der Waals surface area contributed by atoms with Crippen LogP contribution in [-0.4, -0.2) is 22.3 Å². The molecule has 1 saturated carbocycles. The topological polar surface area (TPSA) is 57.5 Å². The second-order valence-corrected chi connectivity index (χ2v) is 9.65. The molecule has 3 nitrogen and oxygen atoms in total. The summed E-state index contributed by atoms with van der Waals surface area (Å²) in [5.41, 5.74) is 1.27. The summed E-state index contributed by atoms with van der Waals surface area (Å²) in [7, 11) is 0. The van der Waals surface area contributed by atoms with E-state index >= 15 is 0 Å². The van der Waals surface area contributed by atoms with Crippen molar-refractivity contribution in [1.29, 1.82) is 0 Å². The minimum Gasteiger partial charge on any atom is -0.481 e. The Morgan fingerprint density at radius 3 is 2.42 bits per heavy atom. The number of carboxylic acids is 1. The van der Waals surface area contributed by atoms with Gasteiger partial charge in [-0.15, -0.1) is 0 Å². The zero-order valence-electron chi connectivity index (χ0n) is 19.7. The second kappa shape index (κ2) is 14.5. The van der Waals surface area contributed by atoms with E-state index in [1.807, 2.05) is 6.07 Å². The Kier molecular flexibility index (Phi) is 12.0. The Morgan fingerprint density at radius 2 is 1.77 bits per heavy atom. The van der Waals surface area contributed by atoms with Crippen molar-refractivity contribution in [2.24, 2.45) is 23.7 Å². The van der Waals surface area contributed by atoms with Crippen LogP contribution in [0.4, 0.5) is 0 Å². The van der Waals surface area contributed by atoms with E-state index in [1.54, 1.807) is 6.92 Å². The lowest BCUT2D eigenvalue weighted by Gasteiger charge is -2.40. The van der Waals surface area contributed by atoms with Gasteiger partial charge in [0, 0.05) is 0 Å². The fraction of sp³-hybridized carbons (Fsp3) is 0.679. The van der Waals surface area contributed by atoms with Gasteiger partial charge >= 0.3 is 5.97 Å². The van der Waals surface area contributed by atoms with Gasteiger partial charge in [-0.05, 0) is 75.2 Å². The van der Waals surface area contributed by atoms with Crippen molar-refractivity contribution in [2.75, 3.05) is 0 Å². The number of aliphatic hydroxyl groups excluding tert-OH is 1. The molecule has 0 heterocycles. The van der Waals surface area contributed by atoms with Gasteiger partial charge in [0.05, 0.1) is 12.0 Å². The first-order valence-electron chi connectivity index (χ1n) is 12.6. The summed E-state index contributed by atoms with van der Waals surface area (Å²) in [5.74, 6) is -0.553. The maximum atomic E-state index is 12.0. The molecule has 2 rings (SSSR count). The monoisotopic (exact) mass is 428 g/mol. The van der Waals surface area contributed by atoms with Crippen molar-refractivity contribution in [3.05, 3.63) is 48.0 Å². The Hall–Kier alpha value is -1.61. The van der Waals surface area contributed by atoms with Gasteiger partial charge in [-0.25, -0.2) is 0 Å². The van der Waals surface area contributed by atoms with Crippen LogP contribution in [0, 0.1) is 23.7 Å². The van der Waals surface area contributed by atoms with E-state index in [-0.39, 0.29) is 5.92 Å². The van der Waals surface area contributed by atoms with Crippen LogP contribution < -0.4 is 0 Å². The van der Waals surface area contributed by atoms with Crippen LogP contribution in [0.2, 0.25) is 0 Å². The normalized spacial score (nSPS) is 23.6. The number of carbonyl (C=O) groups is 1. The molecule has 0 bridgehead atoms. The average Bonchev–Trinajstić information content (AvgIpc) is 2.74. The second-order valence-electron chi connectivity index (χ2n) is 9.65. The van der Waals surface area contributed by atoms with E-state index < -0.39 is 18.0 Å². The van der Waals surface area contributed by atoms with Crippen LogP contribution >= 0.6 is 0 Å². The molecule has 5 atom stereocenters. The molecule has 0 aliphatic heterocycles. The highest BCUT2D eigenvalue weighted by Gasteiger charge is 2.40. The van der Waals surface area contributed by atoms with Crippen LogP contribution in [0.25, 0.3) is 0 Å². The van der Waals surface area contributed by atoms with Crippen molar-refractivity contribution in [1.82, 2.24) is 0 Å². The molecule has 0 aromatic heterocycles. The quantitative estimate of drug-likeness (QED) is 0.247. The van der Waals surface area contributed by atoms with Gasteiger partial charge in [-0.1, -0.05) is 81.5 Å². The number of benzene rings is 1. The van der Waals surface area contributed by atoms with Gasteiger partial charge in [-0.3, -0.25) is 4.79 Å². The predicted molar refractivity (Wildman–Crippen MR) is 129 cm³/mol. The average molecular weight is 429 g/mol. The van der Waals surface area contributed by atoms with Gasteiger partial charge in [0.2, 0.25) is 0 Å². The third-order valence-corrected chi connectivity index (χ3v) is 7.14. The smallest absolute Gasteiger partial charge is 0.309 e. The molecule has 1 aliphatic rings. The molecular formula is C28H44O3. The van der Waals surface area contributed by atoms with Crippen molar-refractivity contribution in [3.8, 4) is 0 Å². The standard InChI is InChI=1S/C28H44O3/c1-3-4-5-6-7-8-9-10-12-17-24-18-19-25(20-23-15-13-11-14-16-23)26(21-24)27(22(2)29)28(30)31/h8-9,11,13-16,22,24-27,29H,3-7,10,12,17-21H2,1-2H3,(H,30,31)/t22-,24-,25-,26+,27+/m0/s1. The molecular weight excluding hydrogens is 384 g/mol. The highest BCUT2D eigenvalue weighted by Crippen LogP contribution is 2.43. The molecule has 3 heteroatoms. The number of hydrogen-bond acceptors (Lipinski definition) is 2. The molecule has 1 aromatic rings. The minimum atomic E-state index is -0.843.